The van der Waals surface area contributed by atoms with Gasteiger partial charge in [-0.3, -0.25) is 14.7 Å². The molecule has 0 fully saturated rings. The number of nitrogens with one attached hydrogen (secondary N) is 2. The van der Waals surface area contributed by atoms with E-state index >= 15 is 0 Å². The number of benzene rings is 1. The first kappa shape index (κ1) is 18.7. The zero-order chi connectivity index (χ0) is 19.4. The first-order chi connectivity index (χ1) is 13.0. The monoisotopic (exact) mass is 368 g/mol. The van der Waals surface area contributed by atoms with Crippen molar-refractivity contribution in [3.05, 3.63) is 53.9 Å². The summed E-state index contributed by atoms with van der Waals surface area (Å²) in [4.78, 5) is 12.6. The van der Waals surface area contributed by atoms with E-state index in [1.807, 2.05) is 57.4 Å². The van der Waals surface area contributed by atoms with Gasteiger partial charge in [-0.15, -0.1) is 0 Å². The maximum Gasteiger partial charge on any atom is 0.321 e. The highest BCUT2D eigenvalue weighted by molar-refractivity contribution is 5.90. The molecular weight excluding hydrogens is 344 g/mol. The lowest BCUT2D eigenvalue weighted by atomic mass is 10.1. The van der Waals surface area contributed by atoms with Crippen LogP contribution in [-0.4, -0.2) is 39.3 Å². The number of methoxy groups -OCH3 is 1. The molecule has 8 nitrogen and oxygen atoms in total. The second kappa shape index (κ2) is 8.05. The zero-order valence-electron chi connectivity index (χ0n) is 15.9. The topological polar surface area (TPSA) is 86.0 Å². The second-order valence-electron chi connectivity index (χ2n) is 6.30. The molecule has 142 valence electrons. The quantitative estimate of drug-likeness (QED) is 0.700. The van der Waals surface area contributed by atoms with E-state index in [0.29, 0.717) is 12.4 Å². The third kappa shape index (κ3) is 4.01. The fourth-order valence-electron chi connectivity index (χ4n) is 3.07. The molecule has 0 spiro atoms. The minimum absolute atomic E-state index is 0.315. The lowest BCUT2D eigenvalue weighted by molar-refractivity contribution is 0.165. The Bertz CT molecular complexity index is 916. The van der Waals surface area contributed by atoms with Crippen molar-refractivity contribution < 1.29 is 9.53 Å². The van der Waals surface area contributed by atoms with Crippen LogP contribution in [-0.2, 0) is 18.8 Å². The number of rotatable bonds is 6. The molecule has 1 aromatic carbocycles. The van der Waals surface area contributed by atoms with Crippen LogP contribution in [0.3, 0.4) is 0 Å². The van der Waals surface area contributed by atoms with E-state index in [-0.39, 0.29) is 12.1 Å². The van der Waals surface area contributed by atoms with E-state index in [4.69, 9.17) is 4.74 Å². The normalized spacial score (nSPS) is 12.0. The van der Waals surface area contributed by atoms with E-state index in [0.717, 1.165) is 22.5 Å². The number of anilines is 1. The maximum atomic E-state index is 12.6. The second-order valence-corrected chi connectivity index (χ2v) is 6.30. The molecule has 0 aliphatic carbocycles. The van der Waals surface area contributed by atoms with Crippen LogP contribution in [0.25, 0.3) is 11.3 Å². The van der Waals surface area contributed by atoms with E-state index in [9.17, 15) is 4.79 Å². The Kier molecular flexibility index (Phi) is 5.56. The summed E-state index contributed by atoms with van der Waals surface area (Å²) in [5, 5.41) is 14.5. The maximum absolute atomic E-state index is 12.6. The smallest absolute Gasteiger partial charge is 0.321 e. The highest BCUT2D eigenvalue weighted by atomic mass is 16.5. The fraction of sp³-hybridized carbons (Fsp3) is 0.316. The molecule has 2 aromatic heterocycles. The molecule has 0 radical (unpaired) electrons. The van der Waals surface area contributed by atoms with Crippen molar-refractivity contribution in [1.82, 2.24) is 24.9 Å². The molecule has 3 rings (SSSR count). The van der Waals surface area contributed by atoms with Gasteiger partial charge in [-0.25, -0.2) is 4.79 Å². The molecule has 2 N–H and O–H groups in total. The summed E-state index contributed by atoms with van der Waals surface area (Å²) in [5.74, 6) is 0.646. The van der Waals surface area contributed by atoms with Crippen LogP contribution in [0.15, 0.2) is 42.6 Å². The van der Waals surface area contributed by atoms with Gasteiger partial charge in [0.15, 0.2) is 0 Å². The van der Waals surface area contributed by atoms with E-state index in [1.54, 1.807) is 22.7 Å². The van der Waals surface area contributed by atoms with Crippen LogP contribution >= 0.6 is 0 Å². The molecule has 0 saturated heterocycles. The predicted octanol–water partition coefficient (Wildman–Crippen LogP) is 2.64. The average Bonchev–Trinajstić information content (AvgIpc) is 3.20. The van der Waals surface area contributed by atoms with Gasteiger partial charge in [-0.2, -0.15) is 10.2 Å². The summed E-state index contributed by atoms with van der Waals surface area (Å²) in [6.07, 6.45) is 1.69. The highest BCUT2D eigenvalue weighted by Crippen LogP contribution is 2.27. The van der Waals surface area contributed by atoms with Gasteiger partial charge in [0.1, 0.15) is 5.82 Å². The number of carbonyl (C=O) groups is 1. The minimum atomic E-state index is -0.330. The molecule has 1 atom stereocenters. The highest BCUT2D eigenvalue weighted by Gasteiger charge is 2.20. The Labute approximate surface area is 158 Å². The van der Waals surface area contributed by atoms with Crippen LogP contribution < -0.4 is 10.6 Å². The molecule has 0 unspecified atom stereocenters. The first-order valence-electron chi connectivity index (χ1n) is 8.64. The number of amides is 2. The van der Waals surface area contributed by atoms with Crippen molar-refractivity contribution >= 4 is 11.8 Å². The predicted molar refractivity (Wildman–Crippen MR) is 103 cm³/mol. The number of aromatic nitrogens is 4. The van der Waals surface area contributed by atoms with Gasteiger partial charge in [0.05, 0.1) is 24.0 Å². The van der Waals surface area contributed by atoms with Crippen LogP contribution in [0.5, 0.6) is 0 Å². The number of hydrogen-bond donors (Lipinski definition) is 2. The van der Waals surface area contributed by atoms with Crippen LogP contribution in [0.2, 0.25) is 0 Å². The van der Waals surface area contributed by atoms with Gasteiger partial charge in [0.25, 0.3) is 0 Å². The van der Waals surface area contributed by atoms with Gasteiger partial charge in [-0.05, 0) is 13.0 Å². The first-order valence-corrected chi connectivity index (χ1v) is 8.64. The Morgan fingerprint density at radius 2 is 1.93 bits per heavy atom. The average molecular weight is 368 g/mol. The van der Waals surface area contributed by atoms with Crippen molar-refractivity contribution in [3.8, 4) is 11.3 Å². The van der Waals surface area contributed by atoms with Crippen molar-refractivity contribution in [2.75, 3.05) is 19.0 Å². The molecule has 0 saturated carbocycles. The van der Waals surface area contributed by atoms with Crippen LogP contribution in [0.4, 0.5) is 10.6 Å². The largest absolute Gasteiger partial charge is 0.382 e. The lowest BCUT2D eigenvalue weighted by Gasteiger charge is -2.19. The Hall–Kier alpha value is -3.13. The molecule has 2 heterocycles. The number of hydrogen-bond acceptors (Lipinski definition) is 4. The number of carbonyl (C=O) groups excluding carboxylic acids is 1. The van der Waals surface area contributed by atoms with Crippen LogP contribution in [0.1, 0.15) is 17.3 Å². The molecular formula is C19H24N6O2. The zero-order valence-corrected chi connectivity index (χ0v) is 15.9. The minimum Gasteiger partial charge on any atom is -0.382 e. The van der Waals surface area contributed by atoms with Crippen molar-refractivity contribution in [2.24, 2.45) is 14.1 Å². The number of nitrogens with zero attached hydrogens (tertiary/aromatic N) is 4. The summed E-state index contributed by atoms with van der Waals surface area (Å²) in [6.45, 7) is 2.28. The van der Waals surface area contributed by atoms with Crippen molar-refractivity contribution in [1.29, 1.82) is 0 Å². The summed E-state index contributed by atoms with van der Waals surface area (Å²) in [5.41, 5.74) is 3.61. The standard InChI is InChI=1S/C19H24N6O2/c1-13-17(14-8-6-5-7-9-14)23-25(3)18(13)22-19(26)21-15(12-27-4)16-10-11-20-24(16)2/h5-11,15H,12H2,1-4H3,(H2,21,22,26)/t15-/m0/s1. The third-order valence-electron chi connectivity index (χ3n) is 4.42. The number of aryl methyl sites for hydroxylation is 2. The van der Waals surface area contributed by atoms with Gasteiger partial charge in [0, 0.05) is 38.5 Å². The van der Waals surface area contributed by atoms with E-state index in [2.05, 4.69) is 20.8 Å². The van der Waals surface area contributed by atoms with Gasteiger partial charge < -0.3 is 10.1 Å². The molecule has 0 aliphatic rings. The van der Waals surface area contributed by atoms with Crippen LogP contribution in [0, 0.1) is 6.92 Å². The van der Waals surface area contributed by atoms with Crippen molar-refractivity contribution in [2.45, 2.75) is 13.0 Å². The molecule has 27 heavy (non-hydrogen) atoms. The van der Waals surface area contributed by atoms with Gasteiger partial charge >= 0.3 is 6.03 Å². The third-order valence-corrected chi connectivity index (χ3v) is 4.42. The van der Waals surface area contributed by atoms with E-state index in [1.165, 1.54) is 0 Å². The summed E-state index contributed by atoms with van der Waals surface area (Å²) in [7, 11) is 5.23. The fourth-order valence-corrected chi connectivity index (χ4v) is 3.07. The molecule has 8 heteroatoms. The Morgan fingerprint density at radius 1 is 1.19 bits per heavy atom. The number of ether oxygens (including phenoxy) is 1. The van der Waals surface area contributed by atoms with E-state index < -0.39 is 0 Å². The summed E-state index contributed by atoms with van der Waals surface area (Å²) < 4.78 is 8.63. The summed E-state index contributed by atoms with van der Waals surface area (Å²) >= 11 is 0. The molecule has 2 amide bonds. The SMILES string of the molecule is COC[C@H](NC(=O)Nc1c(C)c(-c2ccccc2)nn1C)c1ccnn1C. The summed E-state index contributed by atoms with van der Waals surface area (Å²) in [6, 6.07) is 11.1. The Balaban J connectivity index is 1.78. The molecule has 0 aliphatic heterocycles. The van der Waals surface area contributed by atoms with Gasteiger partial charge in [-0.1, -0.05) is 30.3 Å². The lowest BCUT2D eigenvalue weighted by Crippen LogP contribution is -2.36. The Morgan fingerprint density at radius 3 is 2.56 bits per heavy atom. The molecule has 3 aromatic rings. The van der Waals surface area contributed by atoms with Gasteiger partial charge in [0.2, 0.25) is 0 Å². The number of urea groups is 1. The molecule has 0 bridgehead atoms. The van der Waals surface area contributed by atoms with Crippen molar-refractivity contribution in [3.63, 3.8) is 0 Å².